The molecule has 0 aromatic heterocycles. The Balaban J connectivity index is 1.10. The Kier molecular flexibility index (Phi) is 9.22. The highest BCUT2D eigenvalue weighted by atomic mass is 15.2. The first-order valence-corrected chi connectivity index (χ1v) is 23.8. The second kappa shape index (κ2) is 15.7. The van der Waals surface area contributed by atoms with E-state index < -0.39 is 0 Å². The molecule has 0 atom stereocenters. The summed E-state index contributed by atoms with van der Waals surface area (Å²) in [6.07, 6.45) is 9.54. The van der Waals surface area contributed by atoms with Crippen LogP contribution >= 0.6 is 0 Å². The highest BCUT2D eigenvalue weighted by molar-refractivity contribution is 7.00. The maximum absolute atomic E-state index is 2.64. The van der Waals surface area contributed by atoms with Gasteiger partial charge in [0.25, 0.3) is 6.71 Å². The number of rotatable bonds is 6. The Morgan fingerprint density at radius 3 is 0.938 bits per heavy atom. The van der Waals surface area contributed by atoms with Gasteiger partial charge in [0.1, 0.15) is 0 Å². The van der Waals surface area contributed by atoms with Gasteiger partial charge in [-0.15, -0.1) is 0 Å². The summed E-state index contributed by atoms with van der Waals surface area (Å²) in [5, 5.41) is 0. The molecule has 9 aromatic carbocycles. The highest BCUT2D eigenvalue weighted by Crippen LogP contribution is 2.48. The van der Waals surface area contributed by atoms with Crippen LogP contribution in [0.4, 0.5) is 34.1 Å². The average molecular weight is 833 g/mol. The van der Waals surface area contributed by atoms with Gasteiger partial charge in [-0.1, -0.05) is 140 Å². The Morgan fingerprint density at radius 1 is 0.277 bits per heavy atom. The zero-order valence-corrected chi connectivity index (χ0v) is 36.7. The molecule has 65 heavy (non-hydrogen) atoms. The van der Waals surface area contributed by atoms with E-state index in [-0.39, 0.29) is 6.71 Å². The van der Waals surface area contributed by atoms with Gasteiger partial charge in [-0.3, -0.25) is 0 Å². The van der Waals surface area contributed by atoms with Gasteiger partial charge < -0.3 is 9.80 Å². The molecule has 0 amide bonds. The van der Waals surface area contributed by atoms with Crippen LogP contribution in [-0.4, -0.2) is 6.71 Å². The minimum atomic E-state index is 0.0925. The third-order valence-corrected chi connectivity index (χ3v) is 14.7. The lowest BCUT2D eigenvalue weighted by molar-refractivity contribution is 0.686. The predicted octanol–water partition coefficient (Wildman–Crippen LogP) is 14.2. The lowest BCUT2D eigenvalue weighted by Gasteiger charge is -2.45. The fraction of sp³-hybridized carbons (Fsp3) is 0.129. The predicted molar refractivity (Wildman–Crippen MR) is 275 cm³/mol. The van der Waals surface area contributed by atoms with Crippen LogP contribution in [0.25, 0.3) is 44.5 Å². The molecule has 0 fully saturated rings. The molecule has 0 bridgehead atoms. The van der Waals surface area contributed by atoms with Crippen LogP contribution in [0.15, 0.2) is 200 Å². The third kappa shape index (κ3) is 6.55. The lowest BCUT2D eigenvalue weighted by atomic mass is 9.33. The maximum atomic E-state index is 2.64. The fourth-order valence-electron chi connectivity index (χ4n) is 11.6. The number of hydrogen-bond acceptors (Lipinski definition) is 2. The molecule has 2 heterocycles. The molecular formula is C62H49BN2. The van der Waals surface area contributed by atoms with Crippen molar-refractivity contribution < 1.29 is 0 Å². The van der Waals surface area contributed by atoms with Crippen LogP contribution in [0, 0.1) is 0 Å². The molecule has 0 saturated heterocycles. The number of benzene rings is 9. The van der Waals surface area contributed by atoms with E-state index in [4.69, 9.17) is 0 Å². The largest absolute Gasteiger partial charge is 0.311 e. The van der Waals surface area contributed by atoms with Gasteiger partial charge >= 0.3 is 0 Å². The maximum Gasteiger partial charge on any atom is 0.252 e. The number of fused-ring (bicyclic) bond motifs is 6. The minimum Gasteiger partial charge on any atom is -0.311 e. The Labute approximate surface area is 383 Å². The first-order valence-electron chi connectivity index (χ1n) is 23.8. The number of anilines is 6. The quantitative estimate of drug-likeness (QED) is 0.154. The van der Waals surface area contributed by atoms with Crippen molar-refractivity contribution >= 4 is 57.2 Å². The summed E-state index contributed by atoms with van der Waals surface area (Å²) in [6, 6.07) is 75.8. The first-order chi connectivity index (χ1) is 32.2. The monoisotopic (exact) mass is 832 g/mol. The molecule has 13 rings (SSSR count). The molecule has 0 saturated carbocycles. The van der Waals surface area contributed by atoms with Crippen molar-refractivity contribution in [2.45, 2.75) is 51.4 Å². The smallest absolute Gasteiger partial charge is 0.252 e. The Bertz CT molecular complexity index is 2940. The fourth-order valence-corrected chi connectivity index (χ4v) is 11.6. The van der Waals surface area contributed by atoms with Crippen molar-refractivity contribution in [1.29, 1.82) is 0 Å². The molecule has 0 spiro atoms. The van der Waals surface area contributed by atoms with Gasteiger partial charge in [0.05, 0.1) is 0 Å². The molecule has 4 aliphatic rings. The van der Waals surface area contributed by atoms with Crippen LogP contribution in [0.2, 0.25) is 0 Å². The number of hydrogen-bond donors (Lipinski definition) is 0. The van der Waals surface area contributed by atoms with Crippen molar-refractivity contribution in [3.63, 3.8) is 0 Å². The van der Waals surface area contributed by atoms with Gasteiger partial charge in [0.2, 0.25) is 0 Å². The van der Waals surface area contributed by atoms with Crippen LogP contribution < -0.4 is 26.2 Å². The van der Waals surface area contributed by atoms with Crippen molar-refractivity contribution in [1.82, 2.24) is 0 Å². The number of aryl methyl sites for hydroxylation is 4. The van der Waals surface area contributed by atoms with Gasteiger partial charge in [-0.2, -0.15) is 0 Å². The zero-order valence-electron chi connectivity index (χ0n) is 36.7. The van der Waals surface area contributed by atoms with Crippen LogP contribution in [0.3, 0.4) is 0 Å². The van der Waals surface area contributed by atoms with E-state index in [1.165, 1.54) is 143 Å². The van der Waals surface area contributed by atoms with Crippen molar-refractivity contribution in [2.75, 3.05) is 9.80 Å². The van der Waals surface area contributed by atoms with E-state index >= 15 is 0 Å². The molecule has 0 radical (unpaired) electrons. The average Bonchev–Trinajstić information content (AvgIpc) is 3.38. The Morgan fingerprint density at radius 2 is 0.600 bits per heavy atom. The van der Waals surface area contributed by atoms with E-state index in [2.05, 4.69) is 210 Å². The SMILES string of the molecule is c1ccc(-c2cc(-c3ccccc3)cc(N3c4cc5c(cc4B4c6cc7c(cc6N(c6cc(-c8ccccc8)cc(-c8ccccc8)c6)c6cccc3c64)CCCC7)CCCC5)c2)cc1. The second-order valence-corrected chi connectivity index (χ2v) is 18.6. The van der Waals surface area contributed by atoms with Gasteiger partial charge in [0.15, 0.2) is 0 Å². The summed E-state index contributed by atoms with van der Waals surface area (Å²) in [5.41, 5.74) is 27.6. The molecule has 2 aliphatic carbocycles. The molecule has 0 unspecified atom stereocenters. The van der Waals surface area contributed by atoms with E-state index in [1.54, 1.807) is 0 Å². The molecule has 2 aliphatic heterocycles. The summed E-state index contributed by atoms with van der Waals surface area (Å²) in [5.74, 6) is 0. The normalized spacial score (nSPS) is 14.5. The lowest BCUT2D eigenvalue weighted by Crippen LogP contribution is -2.61. The highest BCUT2D eigenvalue weighted by Gasteiger charge is 2.44. The van der Waals surface area contributed by atoms with Gasteiger partial charge in [-0.25, -0.2) is 0 Å². The van der Waals surface area contributed by atoms with Crippen LogP contribution in [-0.2, 0) is 25.7 Å². The molecule has 0 N–H and O–H groups in total. The van der Waals surface area contributed by atoms with Crippen molar-refractivity contribution in [3.8, 4) is 44.5 Å². The minimum absolute atomic E-state index is 0.0925. The summed E-state index contributed by atoms with van der Waals surface area (Å²) >= 11 is 0. The van der Waals surface area contributed by atoms with Gasteiger partial charge in [-0.05, 0) is 195 Å². The van der Waals surface area contributed by atoms with E-state index in [9.17, 15) is 0 Å². The van der Waals surface area contributed by atoms with Crippen molar-refractivity contribution in [3.05, 3.63) is 222 Å². The topological polar surface area (TPSA) is 6.48 Å². The third-order valence-electron chi connectivity index (χ3n) is 14.7. The van der Waals surface area contributed by atoms with Crippen LogP contribution in [0.5, 0.6) is 0 Å². The summed E-state index contributed by atoms with van der Waals surface area (Å²) in [6.45, 7) is 0.0925. The molecule has 2 nitrogen and oxygen atoms in total. The Hall–Kier alpha value is -7.36. The summed E-state index contributed by atoms with van der Waals surface area (Å²) in [4.78, 5) is 5.27. The molecule has 310 valence electrons. The standard InChI is InChI=1S/C62H49BN2/c1-5-18-42(19-6-1)50-32-51(43-20-7-2-8-21-43)35-54(34-50)64-58-30-17-31-59-62(58)63(56-38-46-26-13-15-28-48(46)40-60(56)64)57-39-47-27-14-16-29-49(47)41-61(57)65(59)55-36-52(44-22-9-3-10-23-44)33-53(37-55)45-24-11-4-12-25-45/h1-12,17-25,30-41H,13-16,26-29H2. The molecular weight excluding hydrogens is 784 g/mol. The zero-order chi connectivity index (χ0) is 42.8. The second-order valence-electron chi connectivity index (χ2n) is 18.6. The summed E-state index contributed by atoms with van der Waals surface area (Å²) < 4.78 is 0. The van der Waals surface area contributed by atoms with Gasteiger partial charge in [0, 0.05) is 34.1 Å². The van der Waals surface area contributed by atoms with E-state index in [1.807, 2.05) is 0 Å². The number of nitrogens with zero attached hydrogens (tertiary/aromatic N) is 2. The van der Waals surface area contributed by atoms with E-state index in [0.29, 0.717) is 0 Å². The van der Waals surface area contributed by atoms with E-state index in [0.717, 1.165) is 25.7 Å². The van der Waals surface area contributed by atoms with Crippen LogP contribution in [0.1, 0.15) is 47.9 Å². The van der Waals surface area contributed by atoms with Crippen molar-refractivity contribution in [2.24, 2.45) is 0 Å². The first kappa shape index (κ1) is 38.1. The molecule has 3 heteroatoms. The summed E-state index contributed by atoms with van der Waals surface area (Å²) in [7, 11) is 0. The molecule has 9 aromatic rings.